The lowest BCUT2D eigenvalue weighted by Gasteiger charge is -2.14. The number of nitrogens with zero attached hydrogens (tertiary/aromatic N) is 1. The summed E-state index contributed by atoms with van der Waals surface area (Å²) in [5.74, 6) is -3.02. The van der Waals surface area contributed by atoms with Crippen molar-refractivity contribution < 1.29 is 27.6 Å². The van der Waals surface area contributed by atoms with Gasteiger partial charge in [-0.25, -0.2) is 13.2 Å². The molecule has 2 atom stereocenters. The maximum atomic E-state index is 12.0. The summed E-state index contributed by atoms with van der Waals surface area (Å²) in [4.78, 5) is 39.7. The summed E-state index contributed by atoms with van der Waals surface area (Å²) < 4.78 is 24.1. The summed E-state index contributed by atoms with van der Waals surface area (Å²) in [6.07, 6.45) is 4.44. The molecule has 0 aromatic heterocycles. The number of carbonyl (C=O) groups is 3. The van der Waals surface area contributed by atoms with Gasteiger partial charge in [0.15, 0.2) is 21.4 Å². The predicted octanol–water partition coefficient (Wildman–Crippen LogP) is 0.404. The molecule has 2 N–H and O–H groups in total. The van der Waals surface area contributed by atoms with Crippen molar-refractivity contribution in [2.24, 2.45) is 11.3 Å². The Kier molecular flexibility index (Phi) is 4.55. The van der Waals surface area contributed by atoms with Gasteiger partial charge in [-0.2, -0.15) is 0 Å². The minimum absolute atomic E-state index is 0.0256. The van der Waals surface area contributed by atoms with E-state index in [0.29, 0.717) is 17.9 Å². The number of amides is 1. The van der Waals surface area contributed by atoms with Crippen LogP contribution < -0.4 is 0 Å². The molecule has 1 amide bonds. The highest BCUT2D eigenvalue weighted by molar-refractivity contribution is 7.92. The van der Waals surface area contributed by atoms with Crippen molar-refractivity contribution in [3.63, 3.8) is 0 Å². The molecule has 2 aliphatic carbocycles. The molecule has 3 aliphatic rings. The van der Waals surface area contributed by atoms with Gasteiger partial charge in [-0.3, -0.25) is 15.0 Å². The molecule has 1 saturated carbocycles. The number of carbonyl (C=O) groups excluding carboxylic acids is 3. The molecule has 0 aromatic rings. The second-order valence-corrected chi connectivity index (χ2v) is 9.00. The number of hydrogen-bond acceptors (Lipinski definition) is 8. The molecule has 1 aliphatic heterocycles. The predicted molar refractivity (Wildman–Crippen MR) is 90.2 cm³/mol. The smallest absolute Gasteiger partial charge is 0.331 e. The van der Waals surface area contributed by atoms with Gasteiger partial charge in [0, 0.05) is 18.6 Å². The normalized spacial score (nSPS) is 27.7. The Hall–Kier alpha value is -2.36. The summed E-state index contributed by atoms with van der Waals surface area (Å²) in [6.45, 7) is 0. The highest BCUT2D eigenvalue weighted by atomic mass is 32.2. The van der Waals surface area contributed by atoms with Crippen LogP contribution in [0.1, 0.15) is 32.1 Å². The lowest BCUT2D eigenvalue weighted by molar-refractivity contribution is -0.177. The fourth-order valence-corrected chi connectivity index (χ4v) is 4.68. The molecular formula is C16H19N3O6S. The first kappa shape index (κ1) is 18.4. The Morgan fingerprint density at radius 2 is 2.00 bits per heavy atom. The first-order valence-corrected chi connectivity index (χ1v) is 10.1. The molecule has 26 heavy (non-hydrogen) atoms. The van der Waals surface area contributed by atoms with E-state index in [9.17, 15) is 22.8 Å². The Balaban J connectivity index is 1.44. The van der Waals surface area contributed by atoms with Gasteiger partial charge in [0.25, 0.3) is 5.91 Å². The van der Waals surface area contributed by atoms with Crippen molar-refractivity contribution >= 4 is 39.0 Å². The average molecular weight is 381 g/mol. The number of allylic oxidation sites excluding steroid dienone is 2. The fraction of sp³-hybridized carbons (Fsp3) is 0.562. The maximum absolute atomic E-state index is 12.0. The molecule has 0 aromatic carbocycles. The first-order chi connectivity index (χ1) is 12.2. The van der Waals surface area contributed by atoms with Crippen LogP contribution in [0, 0.1) is 22.2 Å². The minimum atomic E-state index is -3.72. The molecule has 140 valence electrons. The second-order valence-electron chi connectivity index (χ2n) is 6.82. The lowest BCUT2D eigenvalue weighted by atomic mass is 9.96. The zero-order valence-electron chi connectivity index (χ0n) is 14.0. The number of ketones is 1. The Labute approximate surface area is 150 Å². The summed E-state index contributed by atoms with van der Waals surface area (Å²) in [5, 5.41) is 15.8. The van der Waals surface area contributed by atoms with Gasteiger partial charge in [-0.05, 0) is 37.3 Å². The van der Waals surface area contributed by atoms with Crippen LogP contribution in [0.4, 0.5) is 0 Å². The number of nitrogens with one attached hydrogen (secondary N) is 2. The van der Waals surface area contributed by atoms with Crippen LogP contribution in [0.3, 0.4) is 0 Å². The summed E-state index contributed by atoms with van der Waals surface area (Å²) in [6, 6.07) is 0. The van der Waals surface area contributed by atoms with Gasteiger partial charge >= 0.3 is 5.97 Å². The van der Waals surface area contributed by atoms with Crippen LogP contribution in [-0.2, 0) is 29.1 Å². The van der Waals surface area contributed by atoms with E-state index in [0.717, 1.165) is 0 Å². The fourth-order valence-electron chi connectivity index (χ4n) is 3.51. The topological polar surface area (TPSA) is 146 Å². The molecule has 3 rings (SSSR count). The zero-order valence-corrected chi connectivity index (χ0v) is 14.8. The van der Waals surface area contributed by atoms with Crippen molar-refractivity contribution in [2.45, 2.75) is 32.1 Å². The SMILES string of the molecule is N=C1CCC(=O)N1OC(=O)CS(=O)(=O)CCCC1CC12C(=N)C=CC2=O. The highest BCUT2D eigenvalue weighted by Crippen LogP contribution is 2.58. The molecule has 10 heteroatoms. The van der Waals surface area contributed by atoms with Crippen molar-refractivity contribution in [2.75, 3.05) is 11.5 Å². The van der Waals surface area contributed by atoms with E-state index < -0.39 is 32.9 Å². The van der Waals surface area contributed by atoms with Gasteiger partial charge in [-0.15, -0.1) is 5.06 Å². The monoisotopic (exact) mass is 381 g/mol. The zero-order chi connectivity index (χ0) is 19.1. The van der Waals surface area contributed by atoms with Gasteiger partial charge in [0.1, 0.15) is 5.84 Å². The van der Waals surface area contributed by atoms with E-state index in [1.54, 1.807) is 0 Å². The van der Waals surface area contributed by atoms with Crippen LogP contribution in [0.5, 0.6) is 0 Å². The van der Waals surface area contributed by atoms with Crippen LogP contribution in [0.2, 0.25) is 0 Å². The molecule has 0 radical (unpaired) electrons. The number of sulfone groups is 1. The van der Waals surface area contributed by atoms with E-state index in [1.165, 1.54) is 12.2 Å². The number of rotatable bonds is 7. The van der Waals surface area contributed by atoms with Crippen molar-refractivity contribution in [3.8, 4) is 0 Å². The Bertz CT molecular complexity index is 810. The quantitative estimate of drug-likeness (QED) is 0.653. The number of hydrogen-bond donors (Lipinski definition) is 2. The van der Waals surface area contributed by atoms with Crippen molar-refractivity contribution in [1.82, 2.24) is 5.06 Å². The summed E-state index contributed by atoms with van der Waals surface area (Å²) in [5.41, 5.74) is -0.448. The Morgan fingerprint density at radius 3 is 2.58 bits per heavy atom. The van der Waals surface area contributed by atoms with Crippen LogP contribution in [0.15, 0.2) is 12.2 Å². The first-order valence-electron chi connectivity index (χ1n) is 8.29. The van der Waals surface area contributed by atoms with Gasteiger partial charge in [-0.1, -0.05) is 0 Å². The Morgan fingerprint density at radius 1 is 1.27 bits per heavy atom. The molecular weight excluding hydrogens is 362 g/mol. The summed E-state index contributed by atoms with van der Waals surface area (Å²) in [7, 11) is -3.72. The van der Waals surface area contributed by atoms with Gasteiger partial charge < -0.3 is 10.2 Å². The van der Waals surface area contributed by atoms with E-state index in [2.05, 4.69) is 4.84 Å². The van der Waals surface area contributed by atoms with E-state index in [4.69, 9.17) is 10.8 Å². The highest BCUT2D eigenvalue weighted by Gasteiger charge is 2.62. The van der Waals surface area contributed by atoms with E-state index >= 15 is 0 Å². The minimum Gasteiger partial charge on any atom is -0.331 e. The molecule has 9 nitrogen and oxygen atoms in total. The van der Waals surface area contributed by atoms with E-state index in [1.807, 2.05) is 0 Å². The van der Waals surface area contributed by atoms with Gasteiger partial charge in [0.05, 0.1) is 11.2 Å². The third-order valence-corrected chi connectivity index (χ3v) is 6.60. The maximum Gasteiger partial charge on any atom is 0.348 e. The second kappa shape index (κ2) is 6.42. The number of amidine groups is 1. The largest absolute Gasteiger partial charge is 0.348 e. The third kappa shape index (κ3) is 3.33. The van der Waals surface area contributed by atoms with Crippen molar-refractivity contribution in [1.29, 1.82) is 10.8 Å². The van der Waals surface area contributed by atoms with Crippen LogP contribution in [-0.4, -0.2) is 54.2 Å². The summed E-state index contributed by atoms with van der Waals surface area (Å²) >= 11 is 0. The van der Waals surface area contributed by atoms with Crippen LogP contribution >= 0.6 is 0 Å². The third-order valence-electron chi connectivity index (χ3n) is 5.01. The molecule has 1 saturated heterocycles. The van der Waals surface area contributed by atoms with Crippen LogP contribution in [0.25, 0.3) is 0 Å². The van der Waals surface area contributed by atoms with Gasteiger partial charge in [0.2, 0.25) is 0 Å². The standard InChI is InChI=1S/C16H19N3O6S/c17-11-3-4-12(20)16(11)8-10(16)2-1-7-26(23,24)9-15(22)25-19-13(18)5-6-14(19)21/h3-4,10,17-18H,1-2,5-9H2. The van der Waals surface area contributed by atoms with E-state index in [-0.39, 0.29) is 48.3 Å². The average Bonchev–Trinajstić information content (AvgIpc) is 3.12. The molecule has 2 fully saturated rings. The molecule has 1 spiro atoms. The van der Waals surface area contributed by atoms with Crippen molar-refractivity contribution in [3.05, 3.63) is 12.2 Å². The molecule has 1 heterocycles. The molecule has 0 bridgehead atoms. The number of hydroxylamine groups is 2. The molecule has 2 unspecified atom stereocenters. The lowest BCUT2D eigenvalue weighted by Crippen LogP contribution is -2.34.